The summed E-state index contributed by atoms with van der Waals surface area (Å²) in [5, 5.41) is 0.777. The van der Waals surface area contributed by atoms with Gasteiger partial charge in [0, 0.05) is 23.5 Å². The van der Waals surface area contributed by atoms with E-state index < -0.39 is 0 Å². The van der Waals surface area contributed by atoms with Gasteiger partial charge in [-0.25, -0.2) is 0 Å². The van der Waals surface area contributed by atoms with E-state index in [1.807, 2.05) is 31.3 Å². The van der Waals surface area contributed by atoms with Crippen LogP contribution in [0, 0.1) is 6.92 Å². The first-order valence-electron chi connectivity index (χ1n) is 6.32. The first-order chi connectivity index (χ1) is 9.20. The van der Waals surface area contributed by atoms with Crippen molar-refractivity contribution in [3.8, 4) is 0 Å². The SMILES string of the molecule is Cc1ccc(C(CCc2cccnc2)NN)cc1Cl. The van der Waals surface area contributed by atoms with E-state index in [2.05, 4.69) is 22.5 Å². The van der Waals surface area contributed by atoms with Gasteiger partial charge in [-0.15, -0.1) is 0 Å². The van der Waals surface area contributed by atoms with E-state index in [9.17, 15) is 0 Å². The van der Waals surface area contributed by atoms with E-state index in [1.54, 1.807) is 6.20 Å². The Balaban J connectivity index is 2.05. The highest BCUT2D eigenvalue weighted by Gasteiger charge is 2.11. The zero-order chi connectivity index (χ0) is 13.7. The van der Waals surface area contributed by atoms with Crippen LogP contribution in [0.1, 0.15) is 29.2 Å². The molecule has 3 N–H and O–H groups in total. The van der Waals surface area contributed by atoms with Gasteiger partial charge in [0.25, 0.3) is 0 Å². The average molecular weight is 276 g/mol. The zero-order valence-corrected chi connectivity index (χ0v) is 11.7. The maximum Gasteiger partial charge on any atom is 0.0463 e. The molecule has 1 unspecified atom stereocenters. The standard InChI is InChI=1S/C15H18ClN3/c1-11-4-6-13(9-14(11)16)15(19-17)7-5-12-3-2-8-18-10-12/h2-4,6,8-10,15,19H,5,7,17H2,1H3. The van der Waals surface area contributed by atoms with Crippen molar-refractivity contribution >= 4 is 11.6 Å². The van der Waals surface area contributed by atoms with Gasteiger partial charge >= 0.3 is 0 Å². The first kappa shape index (κ1) is 14.0. The monoisotopic (exact) mass is 275 g/mol. The van der Waals surface area contributed by atoms with Crippen molar-refractivity contribution < 1.29 is 0 Å². The Kier molecular flexibility index (Phi) is 4.91. The second-order valence-electron chi connectivity index (χ2n) is 4.63. The lowest BCUT2D eigenvalue weighted by Gasteiger charge is -2.17. The van der Waals surface area contributed by atoms with Gasteiger partial charge in [-0.05, 0) is 48.6 Å². The molecule has 0 radical (unpaired) electrons. The van der Waals surface area contributed by atoms with Gasteiger partial charge in [-0.2, -0.15) is 0 Å². The molecule has 2 aromatic rings. The van der Waals surface area contributed by atoms with E-state index >= 15 is 0 Å². The Labute approximate surface area is 118 Å². The Morgan fingerprint density at radius 1 is 1.37 bits per heavy atom. The molecule has 1 aromatic heterocycles. The van der Waals surface area contributed by atoms with Gasteiger partial charge in [0.1, 0.15) is 0 Å². The maximum atomic E-state index is 6.15. The molecule has 0 aliphatic rings. The summed E-state index contributed by atoms with van der Waals surface area (Å²) in [7, 11) is 0. The van der Waals surface area contributed by atoms with E-state index in [4.69, 9.17) is 17.4 Å². The lowest BCUT2D eigenvalue weighted by Crippen LogP contribution is -2.28. The molecule has 2 rings (SSSR count). The highest BCUT2D eigenvalue weighted by Crippen LogP contribution is 2.23. The number of hydrogen-bond acceptors (Lipinski definition) is 3. The molecule has 19 heavy (non-hydrogen) atoms. The largest absolute Gasteiger partial charge is 0.271 e. The fraction of sp³-hybridized carbons (Fsp3) is 0.267. The number of hydrazine groups is 1. The molecule has 0 aliphatic carbocycles. The molecule has 4 heteroatoms. The second-order valence-corrected chi connectivity index (χ2v) is 5.04. The predicted molar refractivity (Wildman–Crippen MR) is 78.8 cm³/mol. The van der Waals surface area contributed by atoms with Crippen molar-refractivity contribution in [1.82, 2.24) is 10.4 Å². The third-order valence-electron chi connectivity index (χ3n) is 3.24. The highest BCUT2D eigenvalue weighted by molar-refractivity contribution is 6.31. The average Bonchev–Trinajstić information content (AvgIpc) is 2.44. The summed E-state index contributed by atoms with van der Waals surface area (Å²) in [5.41, 5.74) is 6.26. The van der Waals surface area contributed by atoms with Crippen LogP contribution in [0.5, 0.6) is 0 Å². The minimum Gasteiger partial charge on any atom is -0.271 e. The van der Waals surface area contributed by atoms with Crippen molar-refractivity contribution in [2.45, 2.75) is 25.8 Å². The van der Waals surface area contributed by atoms with Crippen molar-refractivity contribution in [3.05, 3.63) is 64.4 Å². The van der Waals surface area contributed by atoms with Crippen LogP contribution in [-0.2, 0) is 6.42 Å². The fourth-order valence-corrected chi connectivity index (χ4v) is 2.22. The minimum atomic E-state index is 0.0957. The highest BCUT2D eigenvalue weighted by atomic mass is 35.5. The molecule has 1 aromatic carbocycles. The predicted octanol–water partition coefficient (Wildman–Crippen LogP) is 3.18. The number of aromatic nitrogens is 1. The Hall–Kier alpha value is -1.42. The molecule has 0 saturated carbocycles. The van der Waals surface area contributed by atoms with Crippen LogP contribution in [0.2, 0.25) is 5.02 Å². The zero-order valence-electron chi connectivity index (χ0n) is 10.9. The van der Waals surface area contributed by atoms with Crippen LogP contribution in [0.4, 0.5) is 0 Å². The molecule has 100 valence electrons. The normalized spacial score (nSPS) is 12.4. The number of pyridine rings is 1. The molecule has 0 spiro atoms. The van der Waals surface area contributed by atoms with Gasteiger partial charge in [-0.1, -0.05) is 29.8 Å². The Bertz CT molecular complexity index is 528. The van der Waals surface area contributed by atoms with Crippen LogP contribution in [0.3, 0.4) is 0 Å². The second kappa shape index (κ2) is 6.66. The molecule has 0 amide bonds. The molecule has 3 nitrogen and oxygen atoms in total. The van der Waals surface area contributed by atoms with Gasteiger partial charge < -0.3 is 0 Å². The summed E-state index contributed by atoms with van der Waals surface area (Å²) in [6.07, 6.45) is 5.49. The van der Waals surface area contributed by atoms with E-state index in [0.29, 0.717) is 0 Å². The van der Waals surface area contributed by atoms with Gasteiger partial charge in [0.05, 0.1) is 0 Å². The summed E-state index contributed by atoms with van der Waals surface area (Å²) in [5.74, 6) is 5.65. The van der Waals surface area contributed by atoms with Crippen LogP contribution in [-0.4, -0.2) is 4.98 Å². The lowest BCUT2D eigenvalue weighted by atomic mass is 9.99. The van der Waals surface area contributed by atoms with Crippen molar-refractivity contribution in [2.24, 2.45) is 5.84 Å². The lowest BCUT2D eigenvalue weighted by molar-refractivity contribution is 0.516. The van der Waals surface area contributed by atoms with E-state index in [1.165, 1.54) is 5.56 Å². The van der Waals surface area contributed by atoms with Crippen molar-refractivity contribution in [2.75, 3.05) is 0 Å². The minimum absolute atomic E-state index is 0.0957. The summed E-state index contributed by atoms with van der Waals surface area (Å²) in [6, 6.07) is 10.2. The number of aryl methyl sites for hydroxylation is 2. The van der Waals surface area contributed by atoms with E-state index in [0.717, 1.165) is 29.0 Å². The maximum absolute atomic E-state index is 6.15. The summed E-state index contributed by atoms with van der Waals surface area (Å²) < 4.78 is 0. The molecule has 0 fully saturated rings. The number of nitrogens with zero attached hydrogens (tertiary/aromatic N) is 1. The Morgan fingerprint density at radius 2 is 2.21 bits per heavy atom. The molecular formula is C15H18ClN3. The summed E-state index contributed by atoms with van der Waals surface area (Å²) >= 11 is 6.15. The topological polar surface area (TPSA) is 50.9 Å². The molecule has 1 atom stereocenters. The smallest absolute Gasteiger partial charge is 0.0463 e. The number of nitrogens with one attached hydrogen (secondary N) is 1. The van der Waals surface area contributed by atoms with Gasteiger partial charge in [0.2, 0.25) is 0 Å². The van der Waals surface area contributed by atoms with Gasteiger partial charge in [0.15, 0.2) is 0 Å². The number of nitrogens with two attached hydrogens (primary N) is 1. The number of hydrogen-bond donors (Lipinski definition) is 2. The molecular weight excluding hydrogens is 258 g/mol. The third-order valence-corrected chi connectivity index (χ3v) is 3.65. The van der Waals surface area contributed by atoms with Crippen LogP contribution in [0.15, 0.2) is 42.7 Å². The van der Waals surface area contributed by atoms with Crippen LogP contribution >= 0.6 is 11.6 Å². The Morgan fingerprint density at radius 3 is 2.84 bits per heavy atom. The summed E-state index contributed by atoms with van der Waals surface area (Å²) in [4.78, 5) is 4.11. The quantitative estimate of drug-likeness (QED) is 0.651. The van der Waals surface area contributed by atoms with Crippen molar-refractivity contribution in [3.63, 3.8) is 0 Å². The van der Waals surface area contributed by atoms with Crippen LogP contribution in [0.25, 0.3) is 0 Å². The fourth-order valence-electron chi connectivity index (χ4n) is 2.03. The number of rotatable bonds is 5. The third kappa shape index (κ3) is 3.77. The molecule has 0 bridgehead atoms. The van der Waals surface area contributed by atoms with Crippen LogP contribution < -0.4 is 11.3 Å². The first-order valence-corrected chi connectivity index (χ1v) is 6.69. The molecule has 1 heterocycles. The molecule has 0 aliphatic heterocycles. The number of benzene rings is 1. The van der Waals surface area contributed by atoms with Crippen molar-refractivity contribution in [1.29, 1.82) is 0 Å². The van der Waals surface area contributed by atoms with E-state index in [-0.39, 0.29) is 6.04 Å². The summed E-state index contributed by atoms with van der Waals surface area (Å²) in [6.45, 7) is 1.99. The van der Waals surface area contributed by atoms with Gasteiger partial charge in [-0.3, -0.25) is 16.3 Å². The molecule has 0 saturated heterocycles. The number of halogens is 1.